The Bertz CT molecular complexity index is 563. The molecule has 0 aliphatic rings. The van der Waals surface area contributed by atoms with Crippen LogP contribution in [0, 0.1) is 11.3 Å². The minimum absolute atomic E-state index is 0. The summed E-state index contributed by atoms with van der Waals surface area (Å²) in [5, 5.41) is 9.97. The number of fused-ring (bicyclic) bond motifs is 1. The molecule has 2 aromatic rings. The van der Waals surface area contributed by atoms with Gasteiger partial charge in [0.05, 0.1) is 18.0 Å². The second-order valence-corrected chi connectivity index (χ2v) is 3.89. The first kappa shape index (κ1) is 13.7. The lowest BCUT2D eigenvalue weighted by atomic mass is 10.1. The number of nitrogens with two attached hydrogens (primary N) is 1. The van der Waals surface area contributed by atoms with Crippen LogP contribution < -0.4 is 5.73 Å². The second kappa shape index (κ2) is 5.83. The molecule has 0 fully saturated rings. The molecule has 2 rings (SSSR count). The molecule has 5 heteroatoms. The van der Waals surface area contributed by atoms with Crippen LogP contribution in [0.1, 0.15) is 18.0 Å². The number of halogens is 2. The average molecular weight is 268 g/mol. The van der Waals surface area contributed by atoms with Crippen molar-refractivity contribution in [3.63, 3.8) is 0 Å². The fourth-order valence-electron chi connectivity index (χ4n) is 1.58. The van der Waals surface area contributed by atoms with Gasteiger partial charge in [0.2, 0.25) is 0 Å². The summed E-state index contributed by atoms with van der Waals surface area (Å²) in [7, 11) is 0. The van der Waals surface area contributed by atoms with Gasteiger partial charge < -0.3 is 5.73 Å². The van der Waals surface area contributed by atoms with Crippen LogP contribution >= 0.6 is 24.0 Å². The molecule has 2 N–H and O–H groups in total. The lowest BCUT2D eigenvalue weighted by molar-refractivity contribution is 0.746. The number of rotatable bonds is 2. The van der Waals surface area contributed by atoms with Gasteiger partial charge in [0, 0.05) is 17.0 Å². The molecule has 0 bridgehead atoms. The normalized spacial score (nSPS) is 11.6. The first-order valence-electron chi connectivity index (χ1n) is 4.90. The zero-order valence-corrected chi connectivity index (χ0v) is 10.5. The molecule has 1 heterocycles. The smallest absolute Gasteiger partial charge is 0.134 e. The molecule has 88 valence electrons. The summed E-state index contributed by atoms with van der Waals surface area (Å²) in [4.78, 5) is 4.25. The first-order chi connectivity index (χ1) is 7.72. The number of para-hydroxylation sites is 1. The van der Waals surface area contributed by atoms with E-state index in [1.165, 1.54) is 0 Å². The van der Waals surface area contributed by atoms with Crippen molar-refractivity contribution in [2.75, 3.05) is 0 Å². The summed E-state index contributed by atoms with van der Waals surface area (Å²) < 4.78 is 0. The van der Waals surface area contributed by atoms with E-state index in [0.29, 0.717) is 5.15 Å². The standard InChI is InChI=1S/C12H10ClN3.ClH/c13-12-9(10(15)5-6-14)7-8-3-1-2-4-11(8)16-12;/h1-4,7,10H,5,15H2;1H/t10-;/m0./s1. The summed E-state index contributed by atoms with van der Waals surface area (Å²) in [6.07, 6.45) is 0.236. The fraction of sp³-hybridized carbons (Fsp3) is 0.167. The zero-order valence-electron chi connectivity index (χ0n) is 8.93. The van der Waals surface area contributed by atoms with Crippen molar-refractivity contribution < 1.29 is 0 Å². The fourth-order valence-corrected chi connectivity index (χ4v) is 1.86. The molecule has 0 saturated carbocycles. The number of nitriles is 1. The predicted molar refractivity (Wildman–Crippen MR) is 71.2 cm³/mol. The lowest BCUT2D eigenvalue weighted by Gasteiger charge is -2.10. The molecule has 1 atom stereocenters. The van der Waals surface area contributed by atoms with Crippen LogP contribution in [0.5, 0.6) is 0 Å². The van der Waals surface area contributed by atoms with Gasteiger partial charge in [-0.1, -0.05) is 29.8 Å². The van der Waals surface area contributed by atoms with Crippen molar-refractivity contribution in [3.05, 3.63) is 41.0 Å². The monoisotopic (exact) mass is 267 g/mol. The molecule has 1 aromatic heterocycles. The maximum absolute atomic E-state index is 8.61. The first-order valence-corrected chi connectivity index (χ1v) is 5.28. The number of pyridine rings is 1. The Labute approximate surface area is 111 Å². The van der Waals surface area contributed by atoms with Crippen LogP contribution in [0.2, 0.25) is 5.15 Å². The molecule has 0 unspecified atom stereocenters. The minimum atomic E-state index is -0.380. The Kier molecular flexibility index (Phi) is 4.71. The van der Waals surface area contributed by atoms with E-state index in [2.05, 4.69) is 4.98 Å². The van der Waals surface area contributed by atoms with Crippen LogP contribution in [0.3, 0.4) is 0 Å². The van der Waals surface area contributed by atoms with E-state index < -0.39 is 0 Å². The molecular weight excluding hydrogens is 257 g/mol. The highest BCUT2D eigenvalue weighted by Gasteiger charge is 2.12. The second-order valence-electron chi connectivity index (χ2n) is 3.53. The Morgan fingerprint density at radius 1 is 1.41 bits per heavy atom. The van der Waals surface area contributed by atoms with Gasteiger partial charge in [-0.3, -0.25) is 0 Å². The van der Waals surface area contributed by atoms with E-state index in [1.54, 1.807) is 0 Å². The van der Waals surface area contributed by atoms with E-state index in [4.69, 9.17) is 22.6 Å². The highest BCUT2D eigenvalue weighted by Crippen LogP contribution is 2.25. The van der Waals surface area contributed by atoms with Crippen LogP contribution in [0.4, 0.5) is 0 Å². The third-order valence-corrected chi connectivity index (χ3v) is 2.72. The SMILES string of the molecule is Cl.N#CC[C@H](N)c1cc2ccccc2nc1Cl. The van der Waals surface area contributed by atoms with Gasteiger partial charge in [-0.25, -0.2) is 4.98 Å². The number of benzene rings is 1. The van der Waals surface area contributed by atoms with Gasteiger partial charge in [-0.2, -0.15) is 5.26 Å². The Hall–Kier alpha value is -1.34. The van der Waals surface area contributed by atoms with E-state index >= 15 is 0 Å². The van der Waals surface area contributed by atoms with Crippen molar-refractivity contribution in [2.24, 2.45) is 5.73 Å². The van der Waals surface area contributed by atoms with Gasteiger partial charge in [-0.15, -0.1) is 12.4 Å². The van der Waals surface area contributed by atoms with Gasteiger partial charge in [0.15, 0.2) is 0 Å². The highest BCUT2D eigenvalue weighted by molar-refractivity contribution is 6.30. The van der Waals surface area contributed by atoms with Crippen LogP contribution in [0.15, 0.2) is 30.3 Å². The summed E-state index contributed by atoms with van der Waals surface area (Å²) in [5.74, 6) is 0. The maximum atomic E-state index is 8.61. The third kappa shape index (κ3) is 2.86. The molecule has 1 aromatic carbocycles. The van der Waals surface area contributed by atoms with E-state index in [9.17, 15) is 0 Å². The Morgan fingerprint density at radius 3 is 2.82 bits per heavy atom. The van der Waals surface area contributed by atoms with Crippen molar-refractivity contribution >= 4 is 34.9 Å². The molecule has 0 aliphatic heterocycles. The lowest BCUT2D eigenvalue weighted by Crippen LogP contribution is -2.10. The topological polar surface area (TPSA) is 62.7 Å². The predicted octanol–water partition coefficient (Wildman–Crippen LogP) is 3.22. The minimum Gasteiger partial charge on any atom is -0.323 e. The Morgan fingerprint density at radius 2 is 2.12 bits per heavy atom. The number of hydrogen-bond acceptors (Lipinski definition) is 3. The summed E-state index contributed by atoms with van der Waals surface area (Å²) in [5.41, 5.74) is 7.41. The third-order valence-electron chi connectivity index (χ3n) is 2.42. The van der Waals surface area contributed by atoms with Crippen LogP contribution in [-0.2, 0) is 0 Å². The molecular formula is C12H11Cl2N3. The summed E-state index contributed by atoms with van der Waals surface area (Å²) in [6.45, 7) is 0. The van der Waals surface area contributed by atoms with Crippen LogP contribution in [0.25, 0.3) is 10.9 Å². The zero-order chi connectivity index (χ0) is 11.5. The molecule has 0 aliphatic carbocycles. The number of hydrogen-bond donors (Lipinski definition) is 1. The average Bonchev–Trinajstić information content (AvgIpc) is 2.28. The van der Waals surface area contributed by atoms with Crippen molar-refractivity contribution in [3.8, 4) is 6.07 Å². The van der Waals surface area contributed by atoms with Crippen molar-refractivity contribution in [1.82, 2.24) is 4.98 Å². The van der Waals surface area contributed by atoms with Crippen LogP contribution in [-0.4, -0.2) is 4.98 Å². The summed E-state index contributed by atoms with van der Waals surface area (Å²) >= 11 is 6.03. The molecule has 0 amide bonds. The molecule has 0 saturated heterocycles. The molecule has 0 spiro atoms. The van der Waals surface area contributed by atoms with Gasteiger partial charge in [-0.05, 0) is 12.1 Å². The number of aromatic nitrogens is 1. The van der Waals surface area contributed by atoms with E-state index in [-0.39, 0.29) is 24.9 Å². The van der Waals surface area contributed by atoms with Crippen molar-refractivity contribution in [2.45, 2.75) is 12.5 Å². The Balaban J connectivity index is 0.00000144. The van der Waals surface area contributed by atoms with Crippen molar-refractivity contribution in [1.29, 1.82) is 5.26 Å². The highest BCUT2D eigenvalue weighted by atomic mass is 35.5. The quantitative estimate of drug-likeness (QED) is 0.850. The van der Waals surface area contributed by atoms with Gasteiger partial charge in [0.25, 0.3) is 0 Å². The summed E-state index contributed by atoms with van der Waals surface area (Å²) in [6, 6.07) is 11.2. The van der Waals surface area contributed by atoms with E-state index in [0.717, 1.165) is 16.5 Å². The van der Waals surface area contributed by atoms with Gasteiger partial charge in [0.1, 0.15) is 5.15 Å². The van der Waals surface area contributed by atoms with E-state index in [1.807, 2.05) is 36.4 Å². The maximum Gasteiger partial charge on any atom is 0.134 e. The molecule has 3 nitrogen and oxygen atoms in total. The van der Waals surface area contributed by atoms with Gasteiger partial charge >= 0.3 is 0 Å². The largest absolute Gasteiger partial charge is 0.323 e. The molecule has 0 radical (unpaired) electrons. The molecule has 17 heavy (non-hydrogen) atoms. The number of nitrogens with zero attached hydrogens (tertiary/aromatic N) is 2.